The van der Waals surface area contributed by atoms with Crippen LogP contribution in [-0.2, 0) is 24.2 Å². The van der Waals surface area contributed by atoms with Crippen molar-refractivity contribution < 1.29 is 32.9 Å². The van der Waals surface area contributed by atoms with Gasteiger partial charge >= 0.3 is 8.25 Å². The lowest BCUT2D eigenvalue weighted by Gasteiger charge is -2.37. The van der Waals surface area contributed by atoms with Crippen LogP contribution in [0.1, 0.15) is 23.1 Å². The van der Waals surface area contributed by atoms with Gasteiger partial charge in [-0.2, -0.15) is 0 Å². The van der Waals surface area contributed by atoms with Crippen LogP contribution in [0, 0.1) is 0 Å². The molecule has 1 saturated heterocycles. The van der Waals surface area contributed by atoms with Crippen molar-refractivity contribution in [2.75, 3.05) is 20.8 Å². The van der Waals surface area contributed by atoms with E-state index in [1.807, 2.05) is 86.7 Å². The Balaban J connectivity index is 1.81. The molecule has 1 unspecified atom stereocenters. The van der Waals surface area contributed by atoms with Crippen LogP contribution < -0.4 is 9.47 Å². The topological polar surface area (TPSA) is 83.5 Å². The van der Waals surface area contributed by atoms with E-state index in [2.05, 4.69) is 0 Å². The number of hydrogen-bond donors (Lipinski definition) is 1. The molecule has 4 atom stereocenters. The van der Waals surface area contributed by atoms with Crippen molar-refractivity contribution in [3.63, 3.8) is 0 Å². The van der Waals surface area contributed by atoms with Crippen LogP contribution in [0.2, 0.25) is 0 Å². The van der Waals surface area contributed by atoms with Gasteiger partial charge in [-0.3, -0.25) is 4.57 Å². The number of benzene rings is 3. The summed E-state index contributed by atoms with van der Waals surface area (Å²) in [6.07, 6.45) is -0.499. The van der Waals surface area contributed by atoms with Crippen molar-refractivity contribution in [2.45, 2.75) is 30.2 Å². The minimum atomic E-state index is -3.11. The molecule has 35 heavy (non-hydrogen) atoms. The van der Waals surface area contributed by atoms with Gasteiger partial charge in [-0.15, -0.1) is 0 Å². The van der Waals surface area contributed by atoms with E-state index in [-0.39, 0.29) is 12.6 Å². The molecule has 0 saturated carbocycles. The van der Waals surface area contributed by atoms with Crippen molar-refractivity contribution in [2.24, 2.45) is 0 Å². The second-order valence-corrected chi connectivity index (χ2v) is 9.23. The molecule has 1 heterocycles. The summed E-state index contributed by atoms with van der Waals surface area (Å²) >= 11 is 0. The molecule has 184 valence electrons. The first-order valence-electron chi connectivity index (χ1n) is 11.5. The number of hydrogen-bond acceptors (Lipinski definition) is 6. The molecule has 0 aliphatic carbocycles. The molecule has 7 nitrogen and oxygen atoms in total. The molecule has 1 aliphatic heterocycles. The summed E-state index contributed by atoms with van der Waals surface area (Å²) in [6, 6.07) is 25.4. The Labute approximate surface area is 207 Å². The standard InChI is InChI=1S/C26H30BO7P/c1-30-21-12-8-19(9-13-21)26(18-6-4-3-5-7-18,20-10-14-22(31-2)15-11-20)32-17-24-23(34-35(28)29)16-25(27)33-24/h3-15,23-25,35H,16-17,27H2,1-2H3,(H,28,29)/t23-,24-,25-/m1/s1. The fraction of sp³-hybridized carbons (Fsp3) is 0.308. The van der Waals surface area contributed by atoms with Gasteiger partial charge in [-0.05, 0) is 47.4 Å². The molecule has 0 bridgehead atoms. The molecule has 3 aromatic rings. The lowest BCUT2D eigenvalue weighted by atomic mass is 9.80. The highest BCUT2D eigenvalue weighted by molar-refractivity contribution is 7.32. The Hall–Kier alpha value is -2.61. The van der Waals surface area contributed by atoms with Crippen LogP contribution in [0.4, 0.5) is 0 Å². The van der Waals surface area contributed by atoms with Crippen molar-refractivity contribution in [1.29, 1.82) is 0 Å². The summed E-state index contributed by atoms with van der Waals surface area (Å²) < 4.78 is 40.4. The SMILES string of the molecule is B[C@H]1C[C@@H](O[PH](=O)O)[C@@H](COC(c2ccccc2)(c2ccc(OC)cc2)c2ccc(OC)cc2)O1. The third kappa shape index (κ3) is 5.63. The largest absolute Gasteiger partial charge is 0.497 e. The van der Waals surface area contributed by atoms with E-state index in [4.69, 9.17) is 23.5 Å². The Morgan fingerprint density at radius 2 is 1.43 bits per heavy atom. The Morgan fingerprint density at radius 1 is 0.914 bits per heavy atom. The van der Waals surface area contributed by atoms with Crippen molar-refractivity contribution in [1.82, 2.24) is 0 Å². The molecular formula is C26H30BO7P. The van der Waals surface area contributed by atoms with E-state index in [1.54, 1.807) is 14.2 Å². The molecule has 0 aromatic heterocycles. The highest BCUT2D eigenvalue weighted by Crippen LogP contribution is 2.42. The zero-order chi connectivity index (χ0) is 24.8. The summed E-state index contributed by atoms with van der Waals surface area (Å²) in [5.74, 6) is 1.47. The third-order valence-corrected chi connectivity index (χ3v) is 6.78. The lowest BCUT2D eigenvalue weighted by Crippen LogP contribution is -2.38. The van der Waals surface area contributed by atoms with Gasteiger partial charge in [0.15, 0.2) is 0 Å². The Morgan fingerprint density at radius 3 is 1.91 bits per heavy atom. The average molecular weight is 496 g/mol. The number of ether oxygens (including phenoxy) is 4. The Bertz CT molecular complexity index is 1060. The molecule has 1 fully saturated rings. The fourth-order valence-corrected chi connectivity index (χ4v) is 5.11. The minimum Gasteiger partial charge on any atom is -0.497 e. The van der Waals surface area contributed by atoms with Gasteiger partial charge in [0.05, 0.1) is 26.9 Å². The van der Waals surface area contributed by atoms with Gasteiger partial charge in [-0.25, -0.2) is 0 Å². The second kappa shape index (κ2) is 11.4. The molecule has 3 aromatic carbocycles. The maximum atomic E-state index is 11.4. The van der Waals surface area contributed by atoms with Crippen LogP contribution in [0.25, 0.3) is 0 Å². The quantitative estimate of drug-likeness (QED) is 0.261. The summed E-state index contributed by atoms with van der Waals surface area (Å²) in [7, 11) is 2.07. The first-order chi connectivity index (χ1) is 17.0. The highest BCUT2D eigenvalue weighted by Gasteiger charge is 2.41. The summed E-state index contributed by atoms with van der Waals surface area (Å²) in [5.41, 5.74) is 1.72. The van der Waals surface area contributed by atoms with Crippen LogP contribution in [0.15, 0.2) is 78.9 Å². The zero-order valence-electron chi connectivity index (χ0n) is 20.0. The van der Waals surface area contributed by atoms with E-state index in [1.165, 1.54) is 0 Å². The third-order valence-electron chi connectivity index (χ3n) is 6.28. The van der Waals surface area contributed by atoms with E-state index in [9.17, 15) is 9.46 Å². The predicted octanol–water partition coefficient (Wildman–Crippen LogP) is 3.53. The maximum absolute atomic E-state index is 11.4. The van der Waals surface area contributed by atoms with E-state index in [0.717, 1.165) is 28.2 Å². The fourth-order valence-electron chi connectivity index (χ4n) is 4.60. The molecule has 0 amide bonds. The highest BCUT2D eigenvalue weighted by atomic mass is 31.1. The monoisotopic (exact) mass is 496 g/mol. The van der Waals surface area contributed by atoms with Crippen molar-refractivity contribution in [3.8, 4) is 11.5 Å². The van der Waals surface area contributed by atoms with Gasteiger partial charge in [0.2, 0.25) is 0 Å². The van der Waals surface area contributed by atoms with Gasteiger partial charge in [0, 0.05) is 6.00 Å². The second-order valence-electron chi connectivity index (χ2n) is 8.46. The number of rotatable bonds is 10. The number of methoxy groups -OCH3 is 2. The van der Waals surface area contributed by atoms with E-state index < -0.39 is 26.1 Å². The van der Waals surface area contributed by atoms with E-state index in [0.29, 0.717) is 6.42 Å². The summed E-state index contributed by atoms with van der Waals surface area (Å²) in [4.78, 5) is 9.38. The average Bonchev–Trinajstić information content (AvgIpc) is 3.23. The van der Waals surface area contributed by atoms with Crippen LogP contribution >= 0.6 is 8.25 Å². The van der Waals surface area contributed by atoms with Gasteiger partial charge in [0.25, 0.3) is 0 Å². The molecule has 4 rings (SSSR count). The maximum Gasteiger partial charge on any atom is 0.316 e. The first kappa shape index (κ1) is 25.5. The van der Waals surface area contributed by atoms with Gasteiger partial charge < -0.3 is 28.4 Å². The molecule has 9 heteroatoms. The molecular weight excluding hydrogens is 466 g/mol. The summed E-state index contributed by atoms with van der Waals surface area (Å²) in [6.45, 7) is 0.150. The normalized spacial score (nSPS) is 20.9. The van der Waals surface area contributed by atoms with Crippen LogP contribution in [0.5, 0.6) is 11.5 Å². The van der Waals surface area contributed by atoms with Crippen LogP contribution in [-0.4, -0.2) is 51.8 Å². The van der Waals surface area contributed by atoms with Gasteiger partial charge in [0.1, 0.15) is 31.1 Å². The minimum absolute atomic E-state index is 0.108. The van der Waals surface area contributed by atoms with Crippen molar-refractivity contribution in [3.05, 3.63) is 95.6 Å². The lowest BCUT2D eigenvalue weighted by molar-refractivity contribution is -0.0701. The van der Waals surface area contributed by atoms with Crippen molar-refractivity contribution >= 4 is 16.1 Å². The smallest absolute Gasteiger partial charge is 0.316 e. The molecule has 0 spiro atoms. The molecule has 1 N–H and O–H groups in total. The summed E-state index contributed by atoms with van der Waals surface area (Å²) in [5, 5.41) is 0. The van der Waals surface area contributed by atoms with E-state index >= 15 is 0 Å². The van der Waals surface area contributed by atoms with Gasteiger partial charge in [-0.1, -0.05) is 54.6 Å². The predicted molar refractivity (Wildman–Crippen MR) is 136 cm³/mol. The van der Waals surface area contributed by atoms with Crippen LogP contribution in [0.3, 0.4) is 0 Å². The molecule has 0 radical (unpaired) electrons. The zero-order valence-corrected chi connectivity index (χ0v) is 21.0. The molecule has 1 aliphatic rings. The Kier molecular flexibility index (Phi) is 8.32. The first-order valence-corrected chi connectivity index (χ1v) is 12.8.